The number of nitrogens with zero attached hydrogens (tertiary/aromatic N) is 1. The molecule has 0 bridgehead atoms. The van der Waals surface area contributed by atoms with Gasteiger partial charge in [-0.05, 0) is 49.9 Å². The van der Waals surface area contributed by atoms with Crippen LogP contribution in [-0.4, -0.2) is 43.0 Å². The first-order valence-electron chi connectivity index (χ1n) is 7.63. The molecule has 122 valence electrons. The van der Waals surface area contributed by atoms with E-state index in [9.17, 15) is 4.79 Å². The maximum absolute atomic E-state index is 12.2. The van der Waals surface area contributed by atoms with Crippen molar-refractivity contribution in [1.82, 2.24) is 10.2 Å². The molecule has 2 N–H and O–H groups in total. The number of aryl methyl sites for hydroxylation is 1. The molecule has 1 aromatic rings. The molecule has 6 heteroatoms. The highest BCUT2D eigenvalue weighted by atomic mass is 35.5. The number of fused-ring (bicyclic) bond motifs is 1. The Morgan fingerprint density at radius 2 is 2.27 bits per heavy atom. The Morgan fingerprint density at radius 1 is 1.45 bits per heavy atom. The summed E-state index contributed by atoms with van der Waals surface area (Å²) in [5.41, 5.74) is 1.79. The van der Waals surface area contributed by atoms with Crippen LogP contribution in [0, 0.1) is 12.8 Å². The largest absolute Gasteiger partial charge is 0.325 e. The van der Waals surface area contributed by atoms with Crippen LogP contribution >= 0.6 is 24.0 Å². The van der Waals surface area contributed by atoms with Crippen LogP contribution in [0.25, 0.3) is 0 Å². The lowest BCUT2D eigenvalue weighted by Gasteiger charge is -2.34. The number of rotatable bonds is 3. The quantitative estimate of drug-likeness (QED) is 0.886. The Bertz CT molecular complexity index is 538. The number of piperidine rings is 1. The monoisotopic (exact) mass is 343 g/mol. The highest BCUT2D eigenvalue weighted by Crippen LogP contribution is 2.24. The predicted octanol–water partition coefficient (Wildman–Crippen LogP) is 2.69. The number of benzene rings is 1. The van der Waals surface area contributed by atoms with Crippen LogP contribution in [0.5, 0.6) is 0 Å². The molecular weight excluding hydrogens is 321 g/mol. The van der Waals surface area contributed by atoms with Crippen molar-refractivity contribution in [3.05, 3.63) is 28.8 Å². The molecule has 2 atom stereocenters. The predicted molar refractivity (Wildman–Crippen MR) is 93.0 cm³/mol. The second-order valence-corrected chi connectivity index (χ2v) is 6.55. The summed E-state index contributed by atoms with van der Waals surface area (Å²) in [5, 5.41) is 7.16. The van der Waals surface area contributed by atoms with E-state index in [1.165, 1.54) is 6.42 Å². The number of hydrogen-bond acceptors (Lipinski definition) is 3. The highest BCUT2D eigenvalue weighted by Gasteiger charge is 2.32. The third-order valence-electron chi connectivity index (χ3n) is 4.56. The van der Waals surface area contributed by atoms with Crippen LogP contribution in [0.15, 0.2) is 18.2 Å². The molecule has 2 saturated heterocycles. The lowest BCUT2D eigenvalue weighted by Crippen LogP contribution is -2.46. The molecule has 2 aliphatic rings. The molecule has 2 aliphatic heterocycles. The zero-order chi connectivity index (χ0) is 14.8. The number of carbonyl (C=O) groups is 1. The van der Waals surface area contributed by atoms with Gasteiger partial charge in [0.05, 0.1) is 6.54 Å². The molecule has 0 aromatic heterocycles. The van der Waals surface area contributed by atoms with Crippen molar-refractivity contribution in [3.8, 4) is 0 Å². The van der Waals surface area contributed by atoms with E-state index in [0.29, 0.717) is 23.5 Å². The van der Waals surface area contributed by atoms with E-state index in [2.05, 4.69) is 15.5 Å². The second kappa shape index (κ2) is 7.64. The van der Waals surface area contributed by atoms with E-state index >= 15 is 0 Å². The fraction of sp³-hybridized carbons (Fsp3) is 0.562. The molecule has 1 aromatic carbocycles. The smallest absolute Gasteiger partial charge is 0.238 e. The number of anilines is 1. The molecule has 0 spiro atoms. The van der Waals surface area contributed by atoms with E-state index in [1.54, 1.807) is 0 Å². The summed E-state index contributed by atoms with van der Waals surface area (Å²) < 4.78 is 0. The van der Waals surface area contributed by atoms with Gasteiger partial charge in [0.1, 0.15) is 0 Å². The van der Waals surface area contributed by atoms with E-state index < -0.39 is 0 Å². The molecule has 0 aliphatic carbocycles. The van der Waals surface area contributed by atoms with Crippen LogP contribution in [0.1, 0.15) is 18.4 Å². The van der Waals surface area contributed by atoms with Crippen LogP contribution in [-0.2, 0) is 4.79 Å². The summed E-state index contributed by atoms with van der Waals surface area (Å²) in [6, 6.07) is 6.29. The standard InChI is InChI=1S/C16H22ClN3O.ClH/c1-11-2-3-13(8-14(11)17)19-16(21)10-20-7-5-15-12(9-20)4-6-18-15;/h2-3,8,12,15,18H,4-7,9-10H2,1H3,(H,19,21);1H. The van der Waals surface area contributed by atoms with Gasteiger partial charge in [0, 0.05) is 29.8 Å². The average Bonchev–Trinajstić information content (AvgIpc) is 2.90. The molecule has 1 amide bonds. The number of carbonyl (C=O) groups excluding carboxylic acids is 1. The molecule has 0 saturated carbocycles. The second-order valence-electron chi connectivity index (χ2n) is 6.15. The Kier molecular flexibility index (Phi) is 6.09. The van der Waals surface area contributed by atoms with Gasteiger partial charge in [-0.1, -0.05) is 17.7 Å². The molecule has 3 rings (SSSR count). The summed E-state index contributed by atoms with van der Waals surface area (Å²) >= 11 is 6.08. The Morgan fingerprint density at radius 3 is 3.05 bits per heavy atom. The molecule has 22 heavy (non-hydrogen) atoms. The van der Waals surface area contributed by atoms with E-state index in [4.69, 9.17) is 11.6 Å². The van der Waals surface area contributed by atoms with Gasteiger partial charge in [-0.25, -0.2) is 0 Å². The summed E-state index contributed by atoms with van der Waals surface area (Å²) in [6.07, 6.45) is 2.38. The van der Waals surface area contributed by atoms with Gasteiger partial charge in [-0.3, -0.25) is 9.69 Å². The maximum Gasteiger partial charge on any atom is 0.238 e. The van der Waals surface area contributed by atoms with Gasteiger partial charge >= 0.3 is 0 Å². The first-order valence-corrected chi connectivity index (χ1v) is 8.01. The summed E-state index contributed by atoms with van der Waals surface area (Å²) in [6.45, 7) is 5.57. The Labute approximate surface area is 143 Å². The number of hydrogen-bond donors (Lipinski definition) is 2. The number of nitrogens with one attached hydrogen (secondary N) is 2. The molecule has 0 radical (unpaired) electrons. The van der Waals surface area contributed by atoms with Crippen molar-refractivity contribution < 1.29 is 4.79 Å². The first kappa shape index (κ1) is 17.5. The fourth-order valence-electron chi connectivity index (χ4n) is 3.34. The van der Waals surface area contributed by atoms with E-state index in [-0.39, 0.29) is 18.3 Å². The Hall–Kier alpha value is -0.810. The van der Waals surface area contributed by atoms with Gasteiger partial charge in [-0.15, -0.1) is 12.4 Å². The van der Waals surface area contributed by atoms with E-state index in [1.807, 2.05) is 25.1 Å². The first-order chi connectivity index (χ1) is 10.1. The lowest BCUT2D eigenvalue weighted by molar-refractivity contribution is -0.117. The molecule has 4 nitrogen and oxygen atoms in total. The van der Waals surface area contributed by atoms with Crippen molar-refractivity contribution in [1.29, 1.82) is 0 Å². The van der Waals surface area contributed by atoms with Gasteiger partial charge in [0.2, 0.25) is 5.91 Å². The van der Waals surface area contributed by atoms with Crippen LogP contribution in [0.2, 0.25) is 5.02 Å². The topological polar surface area (TPSA) is 44.4 Å². The fourth-order valence-corrected chi connectivity index (χ4v) is 3.52. The molecule has 2 heterocycles. The molecular formula is C16H23Cl2N3O. The normalized spacial score (nSPS) is 24.5. The van der Waals surface area contributed by atoms with Crippen molar-refractivity contribution in [2.24, 2.45) is 5.92 Å². The number of likely N-dealkylation sites (tertiary alicyclic amines) is 1. The Balaban J connectivity index is 0.00000176. The van der Waals surface area contributed by atoms with Gasteiger partial charge in [0.25, 0.3) is 0 Å². The van der Waals surface area contributed by atoms with Crippen LogP contribution in [0.4, 0.5) is 5.69 Å². The van der Waals surface area contributed by atoms with Crippen LogP contribution in [0.3, 0.4) is 0 Å². The third-order valence-corrected chi connectivity index (χ3v) is 4.97. The number of halogens is 2. The highest BCUT2D eigenvalue weighted by molar-refractivity contribution is 6.31. The third kappa shape index (κ3) is 4.13. The summed E-state index contributed by atoms with van der Waals surface area (Å²) in [7, 11) is 0. The lowest BCUT2D eigenvalue weighted by atomic mass is 9.93. The van der Waals surface area contributed by atoms with Gasteiger partial charge in [0.15, 0.2) is 0 Å². The molecule has 2 fully saturated rings. The molecule has 2 unspecified atom stereocenters. The van der Waals surface area contributed by atoms with Crippen molar-refractivity contribution in [3.63, 3.8) is 0 Å². The van der Waals surface area contributed by atoms with E-state index in [0.717, 1.165) is 37.3 Å². The minimum Gasteiger partial charge on any atom is -0.325 e. The van der Waals surface area contributed by atoms with Gasteiger partial charge < -0.3 is 10.6 Å². The minimum absolute atomic E-state index is 0. The van der Waals surface area contributed by atoms with Gasteiger partial charge in [-0.2, -0.15) is 0 Å². The minimum atomic E-state index is 0. The zero-order valence-corrected chi connectivity index (χ0v) is 14.3. The summed E-state index contributed by atoms with van der Waals surface area (Å²) in [5.74, 6) is 0.750. The SMILES string of the molecule is Cc1ccc(NC(=O)CN2CCC3NCCC3C2)cc1Cl.Cl. The average molecular weight is 344 g/mol. The number of amides is 1. The van der Waals surface area contributed by atoms with Crippen molar-refractivity contribution >= 4 is 35.6 Å². The zero-order valence-electron chi connectivity index (χ0n) is 12.8. The van der Waals surface area contributed by atoms with Crippen molar-refractivity contribution in [2.45, 2.75) is 25.8 Å². The summed E-state index contributed by atoms with van der Waals surface area (Å²) in [4.78, 5) is 14.4. The van der Waals surface area contributed by atoms with Crippen LogP contribution < -0.4 is 10.6 Å². The van der Waals surface area contributed by atoms with Crippen molar-refractivity contribution in [2.75, 3.05) is 31.5 Å². The maximum atomic E-state index is 12.2.